The van der Waals surface area contributed by atoms with Crippen LogP contribution in [-0.4, -0.2) is 42.7 Å². The topological polar surface area (TPSA) is 80.4 Å². The number of hydrogen-bond acceptors (Lipinski definition) is 3. The average molecular weight is 433 g/mol. The van der Waals surface area contributed by atoms with Crippen LogP contribution in [0.15, 0.2) is 47.6 Å². The molecule has 0 aliphatic carbocycles. The smallest absolute Gasteiger partial charge is 0.407 e. The quantitative estimate of drug-likeness (QED) is 0.672. The van der Waals surface area contributed by atoms with Crippen molar-refractivity contribution >= 4 is 27.9 Å². The lowest BCUT2D eigenvalue weighted by Crippen LogP contribution is -2.38. The van der Waals surface area contributed by atoms with Crippen molar-refractivity contribution in [3.8, 4) is 11.1 Å². The molecule has 0 unspecified atom stereocenters. The van der Waals surface area contributed by atoms with Gasteiger partial charge in [-0.15, -0.1) is 0 Å². The van der Waals surface area contributed by atoms with Crippen LogP contribution in [0.3, 0.4) is 0 Å². The van der Waals surface area contributed by atoms with Gasteiger partial charge in [-0.2, -0.15) is 0 Å². The van der Waals surface area contributed by atoms with Crippen molar-refractivity contribution in [2.75, 3.05) is 6.54 Å². The molecule has 3 aromatic rings. The summed E-state index contributed by atoms with van der Waals surface area (Å²) >= 11 is 3.54. The number of carboxylic acid groups (broad SMARTS) is 1. The normalized spacial score (nSPS) is 13.5. The van der Waals surface area contributed by atoms with E-state index >= 15 is 0 Å². The van der Waals surface area contributed by atoms with Crippen LogP contribution in [0.5, 0.6) is 0 Å². The summed E-state index contributed by atoms with van der Waals surface area (Å²) in [6, 6.07) is 5.97. The van der Waals surface area contributed by atoms with E-state index in [1.165, 1.54) is 40.3 Å². The van der Waals surface area contributed by atoms with Gasteiger partial charge >= 0.3 is 6.09 Å². The van der Waals surface area contributed by atoms with E-state index in [0.717, 1.165) is 0 Å². The molecular weight excluding hydrogens is 419 g/mol. The highest BCUT2D eigenvalue weighted by Crippen LogP contribution is 2.39. The van der Waals surface area contributed by atoms with Crippen LogP contribution in [0, 0.1) is 5.82 Å². The Morgan fingerprint density at radius 2 is 2.07 bits per heavy atom. The summed E-state index contributed by atoms with van der Waals surface area (Å²) in [6.07, 6.45) is 3.34. The molecule has 0 spiro atoms. The minimum atomic E-state index is -1.05. The molecule has 1 amide bonds. The van der Waals surface area contributed by atoms with Gasteiger partial charge in [-0.3, -0.25) is 9.36 Å². The number of fused-ring (bicyclic) bond motifs is 1. The number of aromatic nitrogens is 3. The minimum absolute atomic E-state index is 0.0685. The maximum absolute atomic E-state index is 13.8. The second kappa shape index (κ2) is 6.66. The van der Waals surface area contributed by atoms with Crippen molar-refractivity contribution in [2.45, 2.75) is 13.1 Å². The summed E-state index contributed by atoms with van der Waals surface area (Å²) < 4.78 is 17.6. The zero-order chi connectivity index (χ0) is 19.1. The molecule has 0 fully saturated rings. The van der Waals surface area contributed by atoms with E-state index in [0.29, 0.717) is 40.1 Å². The molecule has 9 heteroatoms. The van der Waals surface area contributed by atoms with E-state index in [1.54, 1.807) is 12.1 Å². The van der Waals surface area contributed by atoms with E-state index in [9.17, 15) is 19.1 Å². The zero-order valence-electron chi connectivity index (χ0n) is 14.0. The summed E-state index contributed by atoms with van der Waals surface area (Å²) in [5, 5.41) is 9.36. The summed E-state index contributed by atoms with van der Waals surface area (Å²) in [5.74, 6) is -0.773. The van der Waals surface area contributed by atoms with Crippen molar-refractivity contribution in [3.63, 3.8) is 0 Å². The summed E-state index contributed by atoms with van der Waals surface area (Å²) in [7, 11) is 0. The minimum Gasteiger partial charge on any atom is -0.465 e. The standard InChI is InChI=1S/C18H14BrFN4O3/c19-16-14(11-2-1-3-12(20)8-11)15(17(25)23-5-4-21-10-23)13-9-22(18(26)27)6-7-24(13)16/h1-5,8,10H,6-7,9H2,(H,26,27). The molecule has 0 saturated heterocycles. The van der Waals surface area contributed by atoms with Gasteiger partial charge in [0.25, 0.3) is 5.91 Å². The molecule has 0 saturated carbocycles. The molecule has 27 heavy (non-hydrogen) atoms. The van der Waals surface area contributed by atoms with Gasteiger partial charge in [0.2, 0.25) is 0 Å². The third kappa shape index (κ3) is 2.93. The van der Waals surface area contributed by atoms with Crippen LogP contribution in [0.25, 0.3) is 11.1 Å². The van der Waals surface area contributed by atoms with Gasteiger partial charge in [-0.05, 0) is 33.6 Å². The predicted molar refractivity (Wildman–Crippen MR) is 97.9 cm³/mol. The Balaban J connectivity index is 1.96. The average Bonchev–Trinajstić information content (AvgIpc) is 3.28. The number of halogens is 2. The molecule has 7 nitrogen and oxygen atoms in total. The lowest BCUT2D eigenvalue weighted by molar-refractivity contribution is 0.0953. The third-order valence-corrected chi connectivity index (χ3v) is 5.40. The molecule has 138 valence electrons. The molecule has 0 radical (unpaired) electrons. The van der Waals surface area contributed by atoms with Gasteiger partial charge < -0.3 is 14.6 Å². The monoisotopic (exact) mass is 432 g/mol. The van der Waals surface area contributed by atoms with Crippen LogP contribution < -0.4 is 0 Å². The molecule has 2 aromatic heterocycles. The molecule has 4 rings (SSSR count). The number of imidazole rings is 1. The maximum Gasteiger partial charge on any atom is 0.407 e. The summed E-state index contributed by atoms with van der Waals surface area (Å²) in [5.41, 5.74) is 1.97. The van der Waals surface area contributed by atoms with Crippen LogP contribution in [0.2, 0.25) is 0 Å². The van der Waals surface area contributed by atoms with E-state index < -0.39 is 11.9 Å². The Hall–Kier alpha value is -2.94. The highest BCUT2D eigenvalue weighted by Gasteiger charge is 2.32. The van der Waals surface area contributed by atoms with E-state index in [4.69, 9.17) is 0 Å². The number of carbonyl (C=O) groups is 2. The number of benzene rings is 1. The number of hydrogen-bond donors (Lipinski definition) is 1. The van der Waals surface area contributed by atoms with Gasteiger partial charge in [0.05, 0.1) is 22.4 Å². The third-order valence-electron chi connectivity index (χ3n) is 4.58. The zero-order valence-corrected chi connectivity index (χ0v) is 15.6. The van der Waals surface area contributed by atoms with Crippen LogP contribution in [-0.2, 0) is 13.1 Å². The molecular formula is C18H14BrFN4O3. The van der Waals surface area contributed by atoms with E-state index in [-0.39, 0.29) is 12.5 Å². The van der Waals surface area contributed by atoms with Gasteiger partial charge in [0.1, 0.15) is 12.1 Å². The van der Waals surface area contributed by atoms with Gasteiger partial charge in [0, 0.05) is 31.0 Å². The molecule has 1 aliphatic rings. The predicted octanol–water partition coefficient (Wildman–Crippen LogP) is 3.44. The molecule has 0 atom stereocenters. The van der Waals surface area contributed by atoms with Crippen molar-refractivity contribution < 1.29 is 19.1 Å². The van der Waals surface area contributed by atoms with E-state index in [1.807, 2.05) is 4.57 Å². The van der Waals surface area contributed by atoms with E-state index in [2.05, 4.69) is 20.9 Å². The fourth-order valence-corrected chi connectivity index (χ4v) is 4.14. The number of carbonyl (C=O) groups excluding carboxylic acids is 1. The van der Waals surface area contributed by atoms with Gasteiger partial charge in [0.15, 0.2) is 0 Å². The molecule has 3 heterocycles. The lowest BCUT2D eigenvalue weighted by atomic mass is 10.0. The van der Waals surface area contributed by atoms with Crippen molar-refractivity contribution in [2.24, 2.45) is 0 Å². The molecule has 0 bridgehead atoms. The number of nitrogens with zero attached hydrogens (tertiary/aromatic N) is 4. The van der Waals surface area contributed by atoms with Gasteiger partial charge in [-0.25, -0.2) is 14.2 Å². The first-order valence-electron chi connectivity index (χ1n) is 8.14. The van der Waals surface area contributed by atoms with Gasteiger partial charge in [-0.1, -0.05) is 12.1 Å². The van der Waals surface area contributed by atoms with Crippen LogP contribution in [0.1, 0.15) is 16.1 Å². The SMILES string of the molecule is O=C(O)N1CCn2c(Br)c(-c3cccc(F)c3)c(C(=O)n3ccnc3)c2C1. The number of rotatable bonds is 2. The maximum atomic E-state index is 13.8. The van der Waals surface area contributed by atoms with Crippen molar-refractivity contribution in [1.29, 1.82) is 0 Å². The Labute approximate surface area is 161 Å². The summed E-state index contributed by atoms with van der Waals surface area (Å²) in [4.78, 5) is 29.8. The highest BCUT2D eigenvalue weighted by molar-refractivity contribution is 9.10. The largest absolute Gasteiger partial charge is 0.465 e. The Bertz CT molecular complexity index is 1050. The first-order chi connectivity index (χ1) is 13.0. The fraction of sp³-hybridized carbons (Fsp3) is 0.167. The molecule has 1 N–H and O–H groups in total. The first kappa shape index (κ1) is 17.5. The van der Waals surface area contributed by atoms with Crippen LogP contribution >= 0.6 is 15.9 Å². The highest BCUT2D eigenvalue weighted by atomic mass is 79.9. The Kier molecular flexibility index (Phi) is 4.31. The molecule has 1 aliphatic heterocycles. The van der Waals surface area contributed by atoms with Crippen LogP contribution in [0.4, 0.5) is 9.18 Å². The number of amides is 1. The summed E-state index contributed by atoms with van der Waals surface area (Å²) in [6.45, 7) is 0.762. The van der Waals surface area contributed by atoms with Crippen molar-refractivity contribution in [3.05, 3.63) is 64.7 Å². The molecule has 1 aromatic carbocycles. The Morgan fingerprint density at radius 3 is 2.74 bits per heavy atom. The first-order valence-corrected chi connectivity index (χ1v) is 8.94. The van der Waals surface area contributed by atoms with Crippen molar-refractivity contribution in [1.82, 2.24) is 19.0 Å². The second-order valence-corrected chi connectivity index (χ2v) is 6.88. The lowest BCUT2D eigenvalue weighted by Gasteiger charge is -2.27. The Morgan fingerprint density at radius 1 is 1.26 bits per heavy atom. The fourth-order valence-electron chi connectivity index (χ4n) is 3.32. The second-order valence-electron chi connectivity index (χ2n) is 6.13.